The second-order valence-electron chi connectivity index (χ2n) is 6.06. The highest BCUT2D eigenvalue weighted by Gasteiger charge is 2.37. The van der Waals surface area contributed by atoms with Gasteiger partial charge in [0.2, 0.25) is 5.95 Å². The number of nitrogens with zero attached hydrogens (tertiary/aromatic N) is 6. The van der Waals surface area contributed by atoms with Crippen molar-refractivity contribution in [3.63, 3.8) is 0 Å². The molecule has 0 aliphatic carbocycles. The van der Waals surface area contributed by atoms with Crippen LogP contribution in [0.15, 0.2) is 30.5 Å². The number of aromatic nitrogens is 5. The summed E-state index contributed by atoms with van der Waals surface area (Å²) in [5.41, 5.74) is 3.13. The molecule has 1 saturated heterocycles. The summed E-state index contributed by atoms with van der Waals surface area (Å²) in [5, 5.41) is 8.32. The minimum absolute atomic E-state index is 0.0894. The Labute approximate surface area is 134 Å². The van der Waals surface area contributed by atoms with Gasteiger partial charge >= 0.3 is 0 Å². The highest BCUT2D eigenvalue weighted by molar-refractivity contribution is 5.78. The van der Waals surface area contributed by atoms with Crippen molar-refractivity contribution in [2.24, 2.45) is 14.1 Å². The molecule has 120 valence electrons. The van der Waals surface area contributed by atoms with Gasteiger partial charge in [0.25, 0.3) is 0 Å². The number of ether oxygens (including phenoxy) is 1. The highest BCUT2D eigenvalue weighted by atomic mass is 16.5. The third-order valence-electron chi connectivity index (χ3n) is 4.62. The lowest BCUT2D eigenvalue weighted by Crippen LogP contribution is -2.24. The Morgan fingerprint density at radius 2 is 2.00 bits per heavy atom. The average molecular weight is 312 g/mol. The number of aryl methyl sites for hydroxylation is 2. The maximum Gasteiger partial charge on any atom is 0.206 e. The van der Waals surface area contributed by atoms with E-state index in [1.165, 1.54) is 0 Å². The third kappa shape index (κ3) is 2.28. The first-order chi connectivity index (χ1) is 11.2. The van der Waals surface area contributed by atoms with Gasteiger partial charge in [-0.3, -0.25) is 4.68 Å². The van der Waals surface area contributed by atoms with Crippen molar-refractivity contribution in [1.29, 1.82) is 0 Å². The van der Waals surface area contributed by atoms with Gasteiger partial charge in [-0.1, -0.05) is 17.3 Å². The minimum atomic E-state index is 0.0894. The van der Waals surface area contributed by atoms with E-state index >= 15 is 0 Å². The highest BCUT2D eigenvalue weighted by Crippen LogP contribution is 2.32. The van der Waals surface area contributed by atoms with E-state index in [0.717, 1.165) is 35.8 Å². The van der Waals surface area contributed by atoms with E-state index in [0.29, 0.717) is 0 Å². The molecule has 0 unspecified atom stereocenters. The summed E-state index contributed by atoms with van der Waals surface area (Å²) in [4.78, 5) is 7.06. The number of hydrogen-bond acceptors (Lipinski definition) is 5. The molecule has 0 amide bonds. The van der Waals surface area contributed by atoms with Crippen molar-refractivity contribution >= 4 is 17.0 Å². The molecule has 0 spiro atoms. The van der Waals surface area contributed by atoms with Gasteiger partial charge in [-0.25, -0.2) is 4.98 Å². The summed E-state index contributed by atoms with van der Waals surface area (Å²) in [7, 11) is 5.70. The van der Waals surface area contributed by atoms with Crippen molar-refractivity contribution in [3.8, 4) is 0 Å². The van der Waals surface area contributed by atoms with E-state index in [-0.39, 0.29) is 12.0 Å². The molecule has 0 radical (unpaired) electrons. The predicted octanol–water partition coefficient (Wildman–Crippen LogP) is 1.32. The molecular weight excluding hydrogens is 292 g/mol. The van der Waals surface area contributed by atoms with Crippen LogP contribution in [0.2, 0.25) is 0 Å². The molecule has 2 aromatic heterocycles. The second-order valence-corrected chi connectivity index (χ2v) is 6.06. The number of benzene rings is 1. The van der Waals surface area contributed by atoms with Crippen LogP contribution in [0.25, 0.3) is 11.0 Å². The van der Waals surface area contributed by atoms with E-state index < -0.39 is 0 Å². The van der Waals surface area contributed by atoms with Gasteiger partial charge in [0.15, 0.2) is 0 Å². The Morgan fingerprint density at radius 3 is 2.70 bits per heavy atom. The Morgan fingerprint density at radius 1 is 1.17 bits per heavy atom. The predicted molar refractivity (Wildman–Crippen MR) is 87.5 cm³/mol. The van der Waals surface area contributed by atoms with E-state index in [9.17, 15) is 0 Å². The zero-order valence-corrected chi connectivity index (χ0v) is 13.5. The van der Waals surface area contributed by atoms with E-state index in [1.54, 1.807) is 11.8 Å². The quantitative estimate of drug-likeness (QED) is 0.730. The minimum Gasteiger partial charge on any atom is -0.379 e. The first kappa shape index (κ1) is 14.2. The number of imidazole rings is 1. The number of para-hydroxylation sites is 2. The fourth-order valence-corrected chi connectivity index (χ4v) is 3.41. The van der Waals surface area contributed by atoms with Crippen molar-refractivity contribution in [1.82, 2.24) is 24.5 Å². The summed E-state index contributed by atoms with van der Waals surface area (Å²) in [6.45, 7) is 1.63. The monoisotopic (exact) mass is 312 g/mol. The maximum absolute atomic E-state index is 5.70. The molecule has 1 aliphatic rings. The molecule has 0 N–H and O–H groups in total. The maximum atomic E-state index is 5.70. The molecule has 23 heavy (non-hydrogen) atoms. The van der Waals surface area contributed by atoms with Crippen molar-refractivity contribution in [2.45, 2.75) is 12.0 Å². The summed E-state index contributed by atoms with van der Waals surface area (Å²) in [6, 6.07) is 8.19. The van der Waals surface area contributed by atoms with Crippen LogP contribution in [0, 0.1) is 0 Å². The van der Waals surface area contributed by atoms with Crippen LogP contribution in [0.1, 0.15) is 11.6 Å². The normalized spacial score (nSPS) is 21.4. The first-order valence-electron chi connectivity index (χ1n) is 7.73. The van der Waals surface area contributed by atoms with Crippen LogP contribution in [-0.2, 0) is 18.8 Å². The third-order valence-corrected chi connectivity index (χ3v) is 4.62. The first-order valence-corrected chi connectivity index (χ1v) is 7.73. The molecule has 1 aromatic carbocycles. The smallest absolute Gasteiger partial charge is 0.206 e. The van der Waals surface area contributed by atoms with Gasteiger partial charge in [-0.15, -0.1) is 5.10 Å². The Kier molecular flexibility index (Phi) is 3.30. The van der Waals surface area contributed by atoms with Gasteiger partial charge in [0.1, 0.15) is 0 Å². The summed E-state index contributed by atoms with van der Waals surface area (Å²) < 4.78 is 9.57. The summed E-state index contributed by atoms with van der Waals surface area (Å²) in [6.07, 6.45) is 2.06. The number of rotatable bonds is 3. The van der Waals surface area contributed by atoms with Crippen LogP contribution >= 0.6 is 0 Å². The molecule has 7 heteroatoms. The van der Waals surface area contributed by atoms with Crippen molar-refractivity contribution in [3.05, 3.63) is 36.2 Å². The molecule has 1 aliphatic heterocycles. The van der Waals surface area contributed by atoms with Crippen LogP contribution in [0.4, 0.5) is 5.95 Å². The largest absolute Gasteiger partial charge is 0.379 e. The summed E-state index contributed by atoms with van der Waals surface area (Å²) in [5.74, 6) is 1.17. The number of hydrogen-bond donors (Lipinski definition) is 0. The van der Waals surface area contributed by atoms with Crippen LogP contribution in [0.3, 0.4) is 0 Å². The lowest BCUT2D eigenvalue weighted by molar-refractivity contribution is 0.105. The molecule has 2 atom stereocenters. The lowest BCUT2D eigenvalue weighted by Gasteiger charge is -2.16. The zero-order chi connectivity index (χ0) is 16.0. The van der Waals surface area contributed by atoms with Gasteiger partial charge < -0.3 is 14.2 Å². The van der Waals surface area contributed by atoms with Crippen LogP contribution in [-0.4, -0.2) is 50.8 Å². The topological polar surface area (TPSA) is 61.0 Å². The van der Waals surface area contributed by atoms with Crippen LogP contribution in [0.5, 0.6) is 0 Å². The molecule has 3 aromatic rings. The Balaban J connectivity index is 1.68. The van der Waals surface area contributed by atoms with Gasteiger partial charge in [0, 0.05) is 40.5 Å². The van der Waals surface area contributed by atoms with E-state index in [1.807, 2.05) is 31.4 Å². The molecule has 4 rings (SSSR count). The standard InChI is InChI=1S/C16H20N6O/c1-20-9-13(18-19-20)11-8-22(10-15(11)23-3)16-17-12-6-4-5-7-14(12)21(16)2/h4-7,9,11,15H,8,10H2,1-3H3/t11-,15+/m0/s1. The Hall–Kier alpha value is -2.41. The van der Waals surface area contributed by atoms with Gasteiger partial charge in [-0.05, 0) is 12.1 Å². The van der Waals surface area contributed by atoms with Gasteiger partial charge in [-0.2, -0.15) is 0 Å². The molecule has 0 saturated carbocycles. The average Bonchev–Trinajstić information content (AvgIpc) is 3.25. The van der Waals surface area contributed by atoms with E-state index in [4.69, 9.17) is 9.72 Å². The van der Waals surface area contributed by atoms with Gasteiger partial charge in [0.05, 0.1) is 28.7 Å². The van der Waals surface area contributed by atoms with Crippen molar-refractivity contribution < 1.29 is 4.74 Å². The second kappa shape index (κ2) is 5.34. The number of anilines is 1. The molecule has 0 bridgehead atoms. The molecular formula is C16H20N6O. The zero-order valence-electron chi connectivity index (χ0n) is 13.5. The SMILES string of the molecule is CO[C@@H]1CN(c2nc3ccccc3n2C)C[C@H]1c1cn(C)nn1. The van der Waals surface area contributed by atoms with Crippen LogP contribution < -0.4 is 4.90 Å². The fourth-order valence-electron chi connectivity index (χ4n) is 3.41. The summed E-state index contributed by atoms with van der Waals surface area (Å²) >= 11 is 0. The number of fused-ring (bicyclic) bond motifs is 1. The Bertz CT molecular complexity index is 838. The van der Waals surface area contributed by atoms with E-state index in [2.05, 4.69) is 32.9 Å². The van der Waals surface area contributed by atoms with Crippen molar-refractivity contribution in [2.75, 3.05) is 25.1 Å². The molecule has 7 nitrogen and oxygen atoms in total. The molecule has 1 fully saturated rings. The molecule has 3 heterocycles. The number of methoxy groups -OCH3 is 1. The fraction of sp³-hybridized carbons (Fsp3) is 0.438. The lowest BCUT2D eigenvalue weighted by atomic mass is 10.0.